The lowest BCUT2D eigenvalue weighted by Crippen LogP contribution is -2.53. The summed E-state index contributed by atoms with van der Waals surface area (Å²) >= 11 is 0. The molecular formula is C14H17NO5. The van der Waals surface area contributed by atoms with Crippen LogP contribution in [0.1, 0.15) is 18.3 Å². The van der Waals surface area contributed by atoms with Crippen LogP contribution in [0, 0.1) is 0 Å². The first-order chi connectivity index (χ1) is 9.81. The van der Waals surface area contributed by atoms with E-state index in [2.05, 4.69) is 5.16 Å². The van der Waals surface area contributed by atoms with E-state index < -0.39 is 18.7 Å². The number of hydrogen-bond acceptors (Lipinski definition) is 6. The average Bonchev–Trinajstić information content (AvgIpc) is 2.54. The Morgan fingerprint density at radius 3 is 2.75 bits per heavy atom. The number of benzene rings is 1. The molecule has 20 heavy (non-hydrogen) atoms. The molecular weight excluding hydrogens is 262 g/mol. The maximum atomic E-state index is 9.16. The summed E-state index contributed by atoms with van der Waals surface area (Å²) in [7, 11) is 1.55. The van der Waals surface area contributed by atoms with Crippen LogP contribution in [0.2, 0.25) is 0 Å². The number of fused-ring (bicyclic) bond motifs is 1. The Labute approximate surface area is 116 Å². The Hall–Kier alpha value is -1.47. The number of nitrogens with zero attached hydrogens (tertiary/aromatic N) is 1. The molecule has 2 heterocycles. The Kier molecular flexibility index (Phi) is 3.98. The van der Waals surface area contributed by atoms with Gasteiger partial charge in [0.1, 0.15) is 12.2 Å². The molecule has 2 aliphatic heterocycles. The highest BCUT2D eigenvalue weighted by atomic mass is 16.7. The predicted octanol–water partition coefficient (Wildman–Crippen LogP) is 1.69. The topological polar surface area (TPSA) is 69.5 Å². The molecule has 2 fully saturated rings. The van der Waals surface area contributed by atoms with Crippen molar-refractivity contribution in [1.82, 2.24) is 0 Å². The number of rotatable bonds is 2. The second kappa shape index (κ2) is 5.88. The lowest BCUT2D eigenvalue weighted by molar-refractivity contribution is -0.286. The molecule has 2 aliphatic rings. The second-order valence-corrected chi connectivity index (χ2v) is 4.77. The van der Waals surface area contributed by atoms with Crippen LogP contribution in [0.15, 0.2) is 35.5 Å². The summed E-state index contributed by atoms with van der Waals surface area (Å²) in [5.74, 6) is 0. The fourth-order valence-corrected chi connectivity index (χ4v) is 2.49. The van der Waals surface area contributed by atoms with Gasteiger partial charge in [-0.1, -0.05) is 35.5 Å². The highest BCUT2D eigenvalue weighted by molar-refractivity contribution is 5.89. The second-order valence-electron chi connectivity index (χ2n) is 4.77. The smallest absolute Gasteiger partial charge is 0.184 e. The molecule has 0 unspecified atom stereocenters. The number of hydrogen-bond donors (Lipinski definition) is 1. The molecule has 0 spiro atoms. The van der Waals surface area contributed by atoms with Gasteiger partial charge in [0, 0.05) is 19.1 Å². The minimum atomic E-state index is -0.475. The van der Waals surface area contributed by atoms with Crippen LogP contribution in [0.3, 0.4) is 0 Å². The van der Waals surface area contributed by atoms with Gasteiger partial charge < -0.3 is 24.2 Å². The number of methoxy groups -OCH3 is 1. The van der Waals surface area contributed by atoms with Gasteiger partial charge in [0.25, 0.3) is 0 Å². The minimum absolute atomic E-state index is 0.320. The van der Waals surface area contributed by atoms with E-state index in [-0.39, 0.29) is 6.10 Å². The fraction of sp³-hybridized carbons (Fsp3) is 0.500. The Morgan fingerprint density at radius 2 is 2.05 bits per heavy atom. The lowest BCUT2D eigenvalue weighted by atomic mass is 10.0. The van der Waals surface area contributed by atoms with Gasteiger partial charge in [0.15, 0.2) is 12.6 Å². The highest BCUT2D eigenvalue weighted by Crippen LogP contribution is 2.32. The third-order valence-electron chi connectivity index (χ3n) is 3.51. The van der Waals surface area contributed by atoms with Gasteiger partial charge in [0.05, 0.1) is 12.3 Å². The summed E-state index contributed by atoms with van der Waals surface area (Å²) < 4.78 is 22.4. The highest BCUT2D eigenvalue weighted by Gasteiger charge is 2.42. The SMILES string of the molecule is CO[C@@H]1C/C(=N/O)[C@H]2O[C@@H](c3ccccc3)OC[C@@H]2O1. The molecule has 1 aromatic carbocycles. The predicted molar refractivity (Wildman–Crippen MR) is 69.5 cm³/mol. The summed E-state index contributed by atoms with van der Waals surface area (Å²) in [5, 5.41) is 12.5. The van der Waals surface area contributed by atoms with Crippen LogP contribution in [0.5, 0.6) is 0 Å². The third kappa shape index (κ3) is 2.55. The molecule has 0 bridgehead atoms. The Balaban J connectivity index is 1.76. The third-order valence-corrected chi connectivity index (χ3v) is 3.51. The van der Waals surface area contributed by atoms with Crippen LogP contribution < -0.4 is 0 Å². The van der Waals surface area contributed by atoms with Gasteiger partial charge in [-0.2, -0.15) is 0 Å². The summed E-state index contributed by atoms with van der Waals surface area (Å²) in [5.41, 5.74) is 1.45. The Bertz CT molecular complexity index is 478. The van der Waals surface area contributed by atoms with Crippen molar-refractivity contribution < 1.29 is 24.2 Å². The first-order valence-corrected chi connectivity index (χ1v) is 6.53. The van der Waals surface area contributed by atoms with E-state index in [9.17, 15) is 0 Å². The van der Waals surface area contributed by atoms with Gasteiger partial charge in [-0.3, -0.25) is 0 Å². The van der Waals surface area contributed by atoms with Crippen molar-refractivity contribution in [2.75, 3.05) is 13.7 Å². The average molecular weight is 279 g/mol. The molecule has 6 nitrogen and oxygen atoms in total. The number of oxime groups is 1. The van der Waals surface area contributed by atoms with Crippen LogP contribution in [-0.4, -0.2) is 43.1 Å². The zero-order valence-corrected chi connectivity index (χ0v) is 11.1. The van der Waals surface area contributed by atoms with Crippen molar-refractivity contribution in [2.45, 2.75) is 31.2 Å². The van der Waals surface area contributed by atoms with Gasteiger partial charge in [-0.05, 0) is 0 Å². The molecule has 1 N–H and O–H groups in total. The lowest BCUT2D eigenvalue weighted by Gasteiger charge is -2.41. The monoisotopic (exact) mass is 279 g/mol. The molecule has 2 saturated heterocycles. The summed E-state index contributed by atoms with van der Waals surface area (Å²) in [4.78, 5) is 0. The van der Waals surface area contributed by atoms with Gasteiger partial charge in [0.2, 0.25) is 0 Å². The van der Waals surface area contributed by atoms with Crippen molar-refractivity contribution in [1.29, 1.82) is 0 Å². The summed E-state index contributed by atoms with van der Waals surface area (Å²) in [6.07, 6.45) is -1.25. The molecule has 3 rings (SSSR count). The largest absolute Gasteiger partial charge is 0.411 e. The Morgan fingerprint density at radius 1 is 1.25 bits per heavy atom. The zero-order chi connectivity index (χ0) is 13.9. The maximum absolute atomic E-state index is 9.16. The van der Waals surface area contributed by atoms with Gasteiger partial charge in [-0.25, -0.2) is 0 Å². The molecule has 6 heteroatoms. The molecule has 1 aromatic rings. The standard InChI is InChI=1S/C14H17NO5/c1-17-12-7-10(15-16)13-11(19-12)8-18-14(20-13)9-5-3-2-4-6-9/h2-6,11-14,16H,7-8H2,1H3/b15-10-/t11-,12-,13+,14-/m0/s1. The molecule has 0 aromatic heterocycles. The molecule has 0 aliphatic carbocycles. The summed E-state index contributed by atoms with van der Waals surface area (Å²) in [6, 6.07) is 9.65. The molecule has 0 saturated carbocycles. The van der Waals surface area contributed by atoms with Crippen LogP contribution in [0.4, 0.5) is 0 Å². The number of ether oxygens (including phenoxy) is 4. The van der Waals surface area contributed by atoms with E-state index >= 15 is 0 Å². The van der Waals surface area contributed by atoms with Crippen molar-refractivity contribution in [2.24, 2.45) is 5.16 Å². The molecule has 0 amide bonds. The zero-order valence-electron chi connectivity index (χ0n) is 11.1. The van der Waals surface area contributed by atoms with Gasteiger partial charge in [-0.15, -0.1) is 0 Å². The van der Waals surface area contributed by atoms with Crippen LogP contribution in [-0.2, 0) is 18.9 Å². The van der Waals surface area contributed by atoms with Crippen molar-refractivity contribution in [3.63, 3.8) is 0 Å². The fourth-order valence-electron chi connectivity index (χ4n) is 2.49. The van der Waals surface area contributed by atoms with E-state index in [0.717, 1.165) is 5.56 Å². The van der Waals surface area contributed by atoms with E-state index in [1.54, 1.807) is 7.11 Å². The molecule has 108 valence electrons. The van der Waals surface area contributed by atoms with E-state index in [4.69, 9.17) is 24.2 Å². The van der Waals surface area contributed by atoms with Crippen molar-refractivity contribution in [3.8, 4) is 0 Å². The van der Waals surface area contributed by atoms with E-state index in [1.807, 2.05) is 30.3 Å². The van der Waals surface area contributed by atoms with E-state index in [0.29, 0.717) is 18.7 Å². The van der Waals surface area contributed by atoms with E-state index in [1.165, 1.54) is 0 Å². The molecule has 4 atom stereocenters. The van der Waals surface area contributed by atoms with Gasteiger partial charge >= 0.3 is 0 Å². The van der Waals surface area contributed by atoms with Crippen molar-refractivity contribution in [3.05, 3.63) is 35.9 Å². The van der Waals surface area contributed by atoms with Crippen molar-refractivity contribution >= 4 is 5.71 Å². The molecule has 0 radical (unpaired) electrons. The normalized spacial score (nSPS) is 35.8. The first-order valence-electron chi connectivity index (χ1n) is 6.53. The summed E-state index contributed by atoms with van der Waals surface area (Å²) in [6.45, 7) is 0.364. The van der Waals surface area contributed by atoms with Crippen LogP contribution in [0.25, 0.3) is 0 Å². The van der Waals surface area contributed by atoms with Crippen LogP contribution >= 0.6 is 0 Å². The first kappa shape index (κ1) is 13.5. The minimum Gasteiger partial charge on any atom is -0.411 e. The maximum Gasteiger partial charge on any atom is 0.184 e. The quantitative estimate of drug-likeness (QED) is 0.659.